The first-order valence-electron chi connectivity index (χ1n) is 33.1. The molecule has 0 aromatic heterocycles. The van der Waals surface area contributed by atoms with E-state index in [1.165, 1.54) is 6.92 Å². The average molecular weight is 1310 g/mol. The van der Waals surface area contributed by atoms with E-state index in [0.717, 1.165) is 44.5 Å². The molecule has 96 heavy (non-hydrogen) atoms. The first-order chi connectivity index (χ1) is 47.2. The largest absolute Gasteiger partial charge is 0.457 e. The Morgan fingerprint density at radius 3 is 1.04 bits per heavy atom. The van der Waals surface area contributed by atoms with Crippen molar-refractivity contribution in [3.63, 3.8) is 0 Å². The Morgan fingerprint density at radius 1 is 0.365 bits per heavy atom. The molecule has 0 saturated carbocycles. The van der Waals surface area contributed by atoms with Crippen LogP contribution in [0.1, 0.15) is 65.3 Å². The van der Waals surface area contributed by atoms with Gasteiger partial charge in [0.25, 0.3) is 0 Å². The third-order valence-corrected chi connectivity index (χ3v) is 17.0. The lowest BCUT2D eigenvalue weighted by molar-refractivity contribution is -0.383. The van der Waals surface area contributed by atoms with E-state index in [2.05, 4.69) is 6.58 Å². The Bertz CT molecular complexity index is 3470. The number of rotatable bonds is 34. The van der Waals surface area contributed by atoms with Gasteiger partial charge in [-0.1, -0.05) is 249 Å². The van der Waals surface area contributed by atoms with Crippen molar-refractivity contribution in [3.8, 4) is 0 Å². The fourth-order valence-corrected chi connectivity index (χ4v) is 12.0. The molecule has 3 unspecified atom stereocenters. The fourth-order valence-electron chi connectivity index (χ4n) is 12.0. The maximum atomic E-state index is 13.0. The summed E-state index contributed by atoms with van der Waals surface area (Å²) in [5.74, 6) is -0.500. The van der Waals surface area contributed by atoms with Crippen LogP contribution in [0.4, 0.5) is 0 Å². The molecule has 3 aliphatic heterocycles. The van der Waals surface area contributed by atoms with E-state index >= 15 is 0 Å². The normalized spacial score (nSPS) is 26.1. The van der Waals surface area contributed by atoms with Crippen LogP contribution in [-0.2, 0) is 129 Å². The summed E-state index contributed by atoms with van der Waals surface area (Å²) in [6, 6.07) is 79.2. The Labute approximate surface area is 564 Å². The number of benzene rings is 8. The van der Waals surface area contributed by atoms with Crippen LogP contribution in [0.2, 0.25) is 0 Å². The maximum Gasteiger partial charge on any atom is 0.303 e. The Kier molecular flexibility index (Phi) is 26.6. The van der Waals surface area contributed by atoms with E-state index in [9.17, 15) is 4.79 Å². The molecule has 0 bridgehead atoms. The molecular weight excluding hydrogens is 1220 g/mol. The van der Waals surface area contributed by atoms with Gasteiger partial charge in [0.1, 0.15) is 61.0 Å². The molecule has 16 atom stereocenters. The fraction of sp³-hybridized carbons (Fsp3) is 0.362. The summed E-state index contributed by atoms with van der Waals surface area (Å²) in [4.78, 5) is 13.0. The predicted octanol–water partition coefficient (Wildman–Crippen LogP) is 13.4. The van der Waals surface area contributed by atoms with Crippen molar-refractivity contribution in [3.05, 3.63) is 300 Å². The van der Waals surface area contributed by atoms with Gasteiger partial charge in [-0.15, -0.1) is 6.58 Å². The van der Waals surface area contributed by atoms with Crippen molar-refractivity contribution in [1.29, 1.82) is 0 Å². The third kappa shape index (κ3) is 20.3. The summed E-state index contributed by atoms with van der Waals surface area (Å²) in [5, 5.41) is 0. The smallest absolute Gasteiger partial charge is 0.303 e. The highest BCUT2D eigenvalue weighted by atomic mass is 16.8. The van der Waals surface area contributed by atoms with Gasteiger partial charge in [0.05, 0.1) is 78.3 Å². The van der Waals surface area contributed by atoms with E-state index in [-0.39, 0.29) is 66.1 Å². The SMILES string of the molecule is C=CC(C)O[C@@H]1O[C@H](COCc2ccccc2)[C@@H](OC2O[C@H](COC3O[C@@H](C)[C@@H](OC(C)=O)[C@@H](OCc4ccccc4)[C@@H]3OCc3ccccc3)[C@@H](OCc3ccccc3)[C@H](OCc3ccccc3)[C@H]2OCc2ccccc2)[C@H](OCc2ccccc2)[C@H]1OCc1ccccc1. The van der Waals surface area contributed by atoms with Crippen molar-refractivity contribution in [2.75, 3.05) is 13.2 Å². The molecule has 8 aromatic rings. The number of hydrogen-bond acceptors (Lipinski definition) is 16. The Hall–Kier alpha value is -7.59. The van der Waals surface area contributed by atoms with E-state index < -0.39 is 104 Å². The van der Waals surface area contributed by atoms with Gasteiger partial charge in [-0.2, -0.15) is 0 Å². The molecule has 16 nitrogen and oxygen atoms in total. The van der Waals surface area contributed by atoms with Crippen LogP contribution in [0.15, 0.2) is 255 Å². The molecule has 0 N–H and O–H groups in total. The zero-order valence-corrected chi connectivity index (χ0v) is 54.7. The van der Waals surface area contributed by atoms with Crippen LogP contribution in [0.3, 0.4) is 0 Å². The molecule has 0 amide bonds. The molecule has 3 aliphatic rings. The number of hydrogen-bond donors (Lipinski definition) is 0. The molecular formula is C80H88O16. The number of ether oxygens (including phenoxy) is 15. The highest BCUT2D eigenvalue weighted by molar-refractivity contribution is 5.66. The Balaban J connectivity index is 1.02. The summed E-state index contributed by atoms with van der Waals surface area (Å²) in [6.07, 6.45) is -13.3. The van der Waals surface area contributed by atoms with Crippen molar-refractivity contribution >= 4 is 5.97 Å². The van der Waals surface area contributed by atoms with Gasteiger partial charge in [0, 0.05) is 6.92 Å². The van der Waals surface area contributed by atoms with Gasteiger partial charge in [-0.3, -0.25) is 4.79 Å². The lowest BCUT2D eigenvalue weighted by atomic mass is 9.95. The Morgan fingerprint density at radius 2 is 0.667 bits per heavy atom. The quantitative estimate of drug-likeness (QED) is 0.0277. The minimum Gasteiger partial charge on any atom is -0.457 e. The molecule has 11 rings (SSSR count). The molecule has 0 aliphatic carbocycles. The van der Waals surface area contributed by atoms with Gasteiger partial charge < -0.3 is 71.1 Å². The number of esters is 1. The molecule has 16 heteroatoms. The van der Waals surface area contributed by atoms with Crippen LogP contribution in [-0.4, -0.2) is 117 Å². The first kappa shape index (κ1) is 69.8. The number of carbonyl (C=O) groups excluding carboxylic acids is 1. The maximum absolute atomic E-state index is 13.0. The summed E-state index contributed by atoms with van der Waals surface area (Å²) >= 11 is 0. The predicted molar refractivity (Wildman–Crippen MR) is 360 cm³/mol. The molecule has 3 fully saturated rings. The van der Waals surface area contributed by atoms with E-state index in [1.54, 1.807) is 6.08 Å². The van der Waals surface area contributed by atoms with Gasteiger partial charge in [-0.25, -0.2) is 0 Å². The van der Waals surface area contributed by atoms with Crippen LogP contribution in [0.25, 0.3) is 0 Å². The standard InChI is InChI=1S/C80H88O16/c1-5-56(2)91-79-77(89-53-66-44-28-13-29-45-66)74(86-50-63-38-22-10-23-39-63)71(67(94-79)54-82-46-59-30-14-6-15-31-59)96-80-76(88-52-65-42-26-12-27-43-65)73(85-49-62-36-20-9-21-37-62)70(83-47-60-32-16-7-17-33-60)68(95-80)55-90-78-75(87-51-64-40-24-11-25-41-64)72(69(57(3)92-78)93-58(4)81)84-48-61-34-18-8-19-35-61/h5-45,56-57,67-80H,1,46-55H2,2-4H3/t56?,57-,67+,68+,69+,70+,71+,72+,73-,74-,75-,76+,77+,78?,79+,80?/m0/s1. The highest BCUT2D eigenvalue weighted by Gasteiger charge is 2.56. The summed E-state index contributed by atoms with van der Waals surface area (Å²) in [5.41, 5.74) is 7.33. The minimum atomic E-state index is -1.29. The van der Waals surface area contributed by atoms with Crippen molar-refractivity contribution < 1.29 is 75.8 Å². The van der Waals surface area contributed by atoms with Crippen molar-refractivity contribution in [2.45, 2.75) is 172 Å². The van der Waals surface area contributed by atoms with Gasteiger partial charge >= 0.3 is 5.97 Å². The van der Waals surface area contributed by atoms with Crippen LogP contribution >= 0.6 is 0 Å². The van der Waals surface area contributed by atoms with Crippen molar-refractivity contribution in [2.24, 2.45) is 0 Å². The lowest BCUT2D eigenvalue weighted by Crippen LogP contribution is -2.67. The second kappa shape index (κ2) is 36.7. The van der Waals surface area contributed by atoms with E-state index in [0.29, 0.717) is 0 Å². The number of carbonyl (C=O) groups is 1. The molecule has 0 spiro atoms. The van der Waals surface area contributed by atoms with Gasteiger partial charge in [-0.05, 0) is 58.4 Å². The highest BCUT2D eigenvalue weighted by Crippen LogP contribution is 2.39. The van der Waals surface area contributed by atoms with Crippen molar-refractivity contribution in [1.82, 2.24) is 0 Å². The van der Waals surface area contributed by atoms with Crippen LogP contribution in [0, 0.1) is 0 Å². The van der Waals surface area contributed by atoms with Gasteiger partial charge in [0.15, 0.2) is 25.0 Å². The molecule has 8 aromatic carbocycles. The van der Waals surface area contributed by atoms with E-state index in [4.69, 9.17) is 71.1 Å². The summed E-state index contributed by atoms with van der Waals surface area (Å²) in [6.45, 7) is 10.4. The molecule has 504 valence electrons. The monoisotopic (exact) mass is 1300 g/mol. The summed E-state index contributed by atoms with van der Waals surface area (Å²) < 4.78 is 106. The third-order valence-electron chi connectivity index (χ3n) is 17.0. The topological polar surface area (TPSA) is 156 Å². The van der Waals surface area contributed by atoms with Crippen LogP contribution < -0.4 is 0 Å². The summed E-state index contributed by atoms with van der Waals surface area (Å²) in [7, 11) is 0. The zero-order chi connectivity index (χ0) is 66.1. The molecule has 0 radical (unpaired) electrons. The minimum absolute atomic E-state index is 0.0213. The van der Waals surface area contributed by atoms with E-state index in [1.807, 2.05) is 257 Å². The molecule has 3 heterocycles. The van der Waals surface area contributed by atoms with Crippen LogP contribution in [0.5, 0.6) is 0 Å². The second-order valence-electron chi connectivity index (χ2n) is 24.2. The lowest BCUT2D eigenvalue weighted by Gasteiger charge is -2.50. The average Bonchev–Trinajstić information content (AvgIpc) is 0.790. The first-order valence-corrected chi connectivity index (χ1v) is 33.1. The van der Waals surface area contributed by atoms with Gasteiger partial charge in [0.2, 0.25) is 0 Å². The zero-order valence-electron chi connectivity index (χ0n) is 54.7. The second-order valence-corrected chi connectivity index (χ2v) is 24.2. The molecule has 3 saturated heterocycles.